The molecule has 4 aromatic rings. The Balaban J connectivity index is 1.83. The number of benzene rings is 1. The van der Waals surface area contributed by atoms with Crippen LogP contribution in [-0.4, -0.2) is 35.4 Å². The monoisotopic (exact) mass is 379 g/mol. The Labute approximate surface area is 160 Å². The summed E-state index contributed by atoms with van der Waals surface area (Å²) in [7, 11) is 0. The Kier molecular flexibility index (Phi) is 4.34. The second-order valence-electron chi connectivity index (χ2n) is 6.69. The highest BCUT2D eigenvalue weighted by atomic mass is 19.1. The molecule has 0 aliphatic carbocycles. The maximum absolute atomic E-state index is 13.2. The van der Waals surface area contributed by atoms with Gasteiger partial charge in [0.15, 0.2) is 11.5 Å². The second-order valence-corrected chi connectivity index (χ2v) is 6.69. The summed E-state index contributed by atoms with van der Waals surface area (Å²) in [5, 5.41) is 12.4. The third-order valence-electron chi connectivity index (χ3n) is 4.22. The van der Waals surface area contributed by atoms with Gasteiger partial charge in [0.2, 0.25) is 5.91 Å². The first-order valence-electron chi connectivity index (χ1n) is 8.76. The molecular formula is C19H18FN7O. The van der Waals surface area contributed by atoms with Crippen LogP contribution in [0.5, 0.6) is 0 Å². The van der Waals surface area contributed by atoms with Gasteiger partial charge in [-0.15, -0.1) is 0 Å². The minimum absolute atomic E-state index is 0.117. The fourth-order valence-corrected chi connectivity index (χ4v) is 2.79. The van der Waals surface area contributed by atoms with Crippen molar-refractivity contribution in [1.29, 1.82) is 0 Å². The van der Waals surface area contributed by atoms with Gasteiger partial charge in [-0.1, -0.05) is 13.8 Å². The number of fused-ring (bicyclic) bond motifs is 1. The number of aromatic nitrogens is 6. The van der Waals surface area contributed by atoms with Gasteiger partial charge in [-0.3, -0.25) is 4.79 Å². The molecule has 0 fully saturated rings. The summed E-state index contributed by atoms with van der Waals surface area (Å²) in [5.74, 6) is 0.396. The average molecular weight is 379 g/mol. The number of hydrogen-bond acceptors (Lipinski definition) is 5. The molecule has 0 spiro atoms. The first-order valence-corrected chi connectivity index (χ1v) is 8.76. The first kappa shape index (κ1) is 17.8. The molecule has 0 unspecified atom stereocenters. The Morgan fingerprint density at radius 2 is 1.89 bits per heavy atom. The standard InChI is InChI=1S/C19H18FN7O/c1-11(2)19(28)24-16-8-12(3)25-27(16)18-15-9-23-26(17(15)21-10-22-18)14-6-4-13(20)5-7-14/h4-11H,1-3H3,(H,24,28). The number of rotatable bonds is 4. The van der Waals surface area contributed by atoms with E-state index in [1.54, 1.807) is 33.8 Å². The van der Waals surface area contributed by atoms with Crippen molar-refractivity contribution in [3.63, 3.8) is 0 Å². The maximum atomic E-state index is 13.2. The van der Waals surface area contributed by atoms with Crippen LogP contribution >= 0.6 is 0 Å². The summed E-state index contributed by atoms with van der Waals surface area (Å²) in [6.07, 6.45) is 3.03. The molecule has 3 aromatic heterocycles. The molecule has 3 heterocycles. The van der Waals surface area contributed by atoms with Crippen molar-refractivity contribution >= 4 is 22.8 Å². The molecule has 0 saturated heterocycles. The molecular weight excluding hydrogens is 361 g/mol. The molecule has 8 nitrogen and oxygen atoms in total. The van der Waals surface area contributed by atoms with Crippen molar-refractivity contribution in [3.05, 3.63) is 54.4 Å². The summed E-state index contributed by atoms with van der Waals surface area (Å²) >= 11 is 0. The smallest absolute Gasteiger partial charge is 0.228 e. The fraction of sp³-hybridized carbons (Fsp3) is 0.211. The van der Waals surface area contributed by atoms with E-state index in [2.05, 4.69) is 25.5 Å². The number of anilines is 1. The van der Waals surface area contributed by atoms with E-state index >= 15 is 0 Å². The van der Waals surface area contributed by atoms with Gasteiger partial charge in [0, 0.05) is 12.0 Å². The van der Waals surface area contributed by atoms with Crippen molar-refractivity contribution in [1.82, 2.24) is 29.5 Å². The van der Waals surface area contributed by atoms with E-state index in [0.29, 0.717) is 28.4 Å². The van der Waals surface area contributed by atoms with Crippen LogP contribution in [0.1, 0.15) is 19.5 Å². The number of carbonyl (C=O) groups is 1. The quantitative estimate of drug-likeness (QED) is 0.589. The Morgan fingerprint density at radius 3 is 2.61 bits per heavy atom. The van der Waals surface area contributed by atoms with Gasteiger partial charge in [-0.2, -0.15) is 14.9 Å². The number of nitrogens with one attached hydrogen (secondary N) is 1. The number of nitrogens with zero attached hydrogens (tertiary/aromatic N) is 6. The van der Waals surface area contributed by atoms with Gasteiger partial charge in [-0.25, -0.2) is 19.0 Å². The molecule has 1 amide bonds. The van der Waals surface area contributed by atoms with Gasteiger partial charge in [0.05, 0.1) is 23.0 Å². The topological polar surface area (TPSA) is 90.5 Å². The number of aryl methyl sites for hydroxylation is 1. The lowest BCUT2D eigenvalue weighted by molar-refractivity contribution is -0.118. The second kappa shape index (κ2) is 6.84. The van der Waals surface area contributed by atoms with Crippen molar-refractivity contribution in [2.24, 2.45) is 5.92 Å². The molecule has 9 heteroatoms. The van der Waals surface area contributed by atoms with E-state index in [1.807, 2.05) is 20.8 Å². The summed E-state index contributed by atoms with van der Waals surface area (Å²) in [6.45, 7) is 5.47. The lowest BCUT2D eigenvalue weighted by atomic mass is 10.2. The molecule has 4 rings (SSSR count). The largest absolute Gasteiger partial charge is 0.310 e. The fourth-order valence-electron chi connectivity index (χ4n) is 2.79. The lowest BCUT2D eigenvalue weighted by Gasteiger charge is -2.10. The van der Waals surface area contributed by atoms with E-state index in [1.165, 1.54) is 18.5 Å². The van der Waals surface area contributed by atoms with Crippen LogP contribution in [0.2, 0.25) is 0 Å². The third kappa shape index (κ3) is 3.11. The third-order valence-corrected chi connectivity index (χ3v) is 4.22. The molecule has 0 aliphatic rings. The molecule has 1 aromatic carbocycles. The minimum Gasteiger partial charge on any atom is -0.310 e. The highest BCUT2D eigenvalue weighted by Gasteiger charge is 2.18. The van der Waals surface area contributed by atoms with E-state index in [4.69, 9.17) is 0 Å². The van der Waals surface area contributed by atoms with Crippen molar-refractivity contribution in [2.75, 3.05) is 5.32 Å². The van der Waals surface area contributed by atoms with Crippen LogP contribution in [-0.2, 0) is 4.79 Å². The zero-order valence-electron chi connectivity index (χ0n) is 15.6. The molecule has 0 radical (unpaired) electrons. The van der Waals surface area contributed by atoms with Crippen molar-refractivity contribution in [2.45, 2.75) is 20.8 Å². The number of amides is 1. The van der Waals surface area contributed by atoms with Gasteiger partial charge in [-0.05, 0) is 31.2 Å². The van der Waals surface area contributed by atoms with Crippen LogP contribution in [0.3, 0.4) is 0 Å². The summed E-state index contributed by atoms with van der Waals surface area (Å²) in [6, 6.07) is 7.74. The molecule has 1 N–H and O–H groups in total. The predicted octanol–water partition coefficient (Wildman–Crippen LogP) is 3.04. The van der Waals surface area contributed by atoms with Crippen LogP contribution < -0.4 is 5.32 Å². The highest BCUT2D eigenvalue weighted by Crippen LogP contribution is 2.24. The highest BCUT2D eigenvalue weighted by molar-refractivity contribution is 5.92. The van der Waals surface area contributed by atoms with Gasteiger partial charge >= 0.3 is 0 Å². The normalized spacial score (nSPS) is 11.3. The Morgan fingerprint density at radius 1 is 1.14 bits per heavy atom. The number of carbonyl (C=O) groups excluding carboxylic acids is 1. The van der Waals surface area contributed by atoms with Crippen molar-refractivity contribution < 1.29 is 9.18 Å². The molecule has 0 atom stereocenters. The van der Waals surface area contributed by atoms with Gasteiger partial charge in [0.25, 0.3) is 0 Å². The molecule has 0 aliphatic heterocycles. The summed E-state index contributed by atoms with van der Waals surface area (Å²) < 4.78 is 16.4. The Hall–Kier alpha value is -3.62. The number of hydrogen-bond donors (Lipinski definition) is 1. The SMILES string of the molecule is Cc1cc(NC(=O)C(C)C)n(-c2ncnc3c2cnn3-c2ccc(F)cc2)n1. The van der Waals surface area contributed by atoms with E-state index in [0.717, 1.165) is 5.69 Å². The average Bonchev–Trinajstić information content (AvgIpc) is 3.25. The minimum atomic E-state index is -0.326. The van der Waals surface area contributed by atoms with Crippen molar-refractivity contribution in [3.8, 4) is 11.5 Å². The van der Waals surface area contributed by atoms with Crippen LogP contribution in [0, 0.1) is 18.7 Å². The predicted molar refractivity (Wildman–Crippen MR) is 102 cm³/mol. The van der Waals surface area contributed by atoms with E-state index < -0.39 is 0 Å². The van der Waals surface area contributed by atoms with E-state index in [-0.39, 0.29) is 17.6 Å². The van der Waals surface area contributed by atoms with Crippen LogP contribution in [0.4, 0.5) is 10.2 Å². The summed E-state index contributed by atoms with van der Waals surface area (Å²) in [4.78, 5) is 20.8. The molecule has 28 heavy (non-hydrogen) atoms. The zero-order valence-corrected chi connectivity index (χ0v) is 15.6. The summed E-state index contributed by atoms with van der Waals surface area (Å²) in [5.41, 5.74) is 1.95. The maximum Gasteiger partial charge on any atom is 0.228 e. The Bertz CT molecular complexity index is 1160. The van der Waals surface area contributed by atoms with Gasteiger partial charge < -0.3 is 5.32 Å². The van der Waals surface area contributed by atoms with Crippen LogP contribution in [0.15, 0.2) is 42.9 Å². The van der Waals surface area contributed by atoms with Crippen LogP contribution in [0.25, 0.3) is 22.5 Å². The molecule has 142 valence electrons. The number of halogens is 1. The van der Waals surface area contributed by atoms with Gasteiger partial charge in [0.1, 0.15) is 18.0 Å². The lowest BCUT2D eigenvalue weighted by Crippen LogP contribution is -2.20. The first-order chi connectivity index (χ1) is 13.4. The van der Waals surface area contributed by atoms with E-state index in [9.17, 15) is 9.18 Å². The zero-order chi connectivity index (χ0) is 19.8. The molecule has 0 saturated carbocycles. The molecule has 0 bridgehead atoms.